The number of rotatable bonds is 8. The van der Waals surface area contributed by atoms with Gasteiger partial charge in [-0.25, -0.2) is 9.48 Å². The second-order valence-corrected chi connectivity index (χ2v) is 11.2. The number of benzene rings is 2. The van der Waals surface area contributed by atoms with E-state index in [2.05, 4.69) is 15.7 Å². The van der Waals surface area contributed by atoms with Crippen LogP contribution < -0.4 is 10.6 Å². The van der Waals surface area contributed by atoms with Crippen LogP contribution in [0.3, 0.4) is 0 Å². The van der Waals surface area contributed by atoms with Crippen LogP contribution >= 0.6 is 11.6 Å². The molecule has 0 bridgehead atoms. The van der Waals surface area contributed by atoms with Crippen molar-refractivity contribution in [1.82, 2.24) is 14.7 Å². The summed E-state index contributed by atoms with van der Waals surface area (Å²) in [5, 5.41) is 10.6. The first kappa shape index (κ1) is 30.0. The second-order valence-electron chi connectivity index (χ2n) is 10.7. The molecule has 1 heterocycles. The van der Waals surface area contributed by atoms with Crippen LogP contribution in [-0.2, 0) is 16.4 Å². The van der Waals surface area contributed by atoms with Crippen molar-refractivity contribution in [3.63, 3.8) is 0 Å². The quantitative estimate of drug-likeness (QED) is 0.300. The molecule has 0 atom stereocenters. The molecule has 0 spiro atoms. The number of urea groups is 1. The Morgan fingerprint density at radius 3 is 2.28 bits per heavy atom. The fourth-order valence-electron chi connectivity index (χ4n) is 3.61. The Morgan fingerprint density at radius 1 is 1.03 bits per heavy atom. The number of nitrogens with zero attached hydrogens (tertiary/aromatic N) is 3. The van der Waals surface area contributed by atoms with Gasteiger partial charge < -0.3 is 15.5 Å². The number of hydrogen-bond donors (Lipinski definition) is 2. The second kappa shape index (κ2) is 12.1. The Bertz CT molecular complexity index is 1300. The molecule has 0 fully saturated rings. The van der Waals surface area contributed by atoms with Crippen LogP contribution in [0, 0.1) is 5.92 Å². The van der Waals surface area contributed by atoms with Crippen LogP contribution in [0.5, 0.6) is 0 Å². The normalized spacial score (nSPS) is 11.9. The molecule has 2 aromatic carbocycles. The first-order chi connectivity index (χ1) is 18.1. The highest BCUT2D eigenvalue weighted by Gasteiger charge is 2.31. The molecular weight excluding hydrogens is 531 g/mol. The van der Waals surface area contributed by atoms with E-state index in [1.807, 2.05) is 34.6 Å². The van der Waals surface area contributed by atoms with Gasteiger partial charge in [0.1, 0.15) is 12.4 Å². The Labute approximate surface area is 231 Å². The molecule has 2 N–H and O–H groups in total. The van der Waals surface area contributed by atoms with Crippen molar-refractivity contribution in [3.05, 3.63) is 70.9 Å². The average Bonchev–Trinajstić information content (AvgIpc) is 3.26. The van der Waals surface area contributed by atoms with E-state index in [-0.39, 0.29) is 30.1 Å². The van der Waals surface area contributed by atoms with Crippen LogP contribution in [0.1, 0.15) is 52.3 Å². The van der Waals surface area contributed by atoms with Crippen LogP contribution in [-0.4, -0.2) is 39.7 Å². The number of amides is 3. The van der Waals surface area contributed by atoms with Crippen LogP contribution in [0.25, 0.3) is 5.69 Å². The van der Waals surface area contributed by atoms with Gasteiger partial charge in [0.25, 0.3) is 0 Å². The minimum atomic E-state index is -4.54. The van der Waals surface area contributed by atoms with Crippen LogP contribution in [0.4, 0.5) is 29.5 Å². The van der Waals surface area contributed by atoms with E-state index >= 15 is 0 Å². The molecule has 0 radical (unpaired) electrons. The molecule has 0 aliphatic heterocycles. The standard InChI is InChI=1S/C28H33ClF3N5O2/c1-18(2)13-14-36(26(39)33-21-8-6-7-19(15-21)28(30,31)32)17-25(38)34-24-16-23(27(3,4)5)35-37(24)22-11-9-20(29)10-12-22/h6-12,15-16,18H,13-14,17H2,1-5H3,(H,33,39)(H,34,38). The number of carbonyl (C=O) groups excluding carboxylic acids is 2. The monoisotopic (exact) mass is 563 g/mol. The van der Waals surface area contributed by atoms with Crippen molar-refractivity contribution in [2.45, 2.75) is 52.6 Å². The Balaban J connectivity index is 1.82. The molecule has 0 aliphatic rings. The van der Waals surface area contributed by atoms with Gasteiger partial charge in [-0.2, -0.15) is 18.3 Å². The summed E-state index contributed by atoms with van der Waals surface area (Å²) in [6, 6.07) is 12.4. The van der Waals surface area contributed by atoms with E-state index in [4.69, 9.17) is 11.6 Å². The van der Waals surface area contributed by atoms with Gasteiger partial charge in [-0.15, -0.1) is 0 Å². The molecule has 3 amide bonds. The molecule has 7 nitrogen and oxygen atoms in total. The zero-order valence-electron chi connectivity index (χ0n) is 22.6. The number of nitrogens with one attached hydrogen (secondary N) is 2. The SMILES string of the molecule is CC(C)CCN(CC(=O)Nc1cc(C(C)(C)C)nn1-c1ccc(Cl)cc1)C(=O)Nc1cccc(C(F)(F)F)c1. The largest absolute Gasteiger partial charge is 0.416 e. The summed E-state index contributed by atoms with van der Waals surface area (Å²) in [5.74, 6) is 0.167. The molecule has 3 aromatic rings. The third-order valence-corrected chi connectivity index (χ3v) is 6.11. The predicted molar refractivity (Wildman–Crippen MR) is 147 cm³/mol. The van der Waals surface area contributed by atoms with Crippen molar-refractivity contribution >= 4 is 35.0 Å². The molecule has 0 saturated heterocycles. The van der Waals surface area contributed by atoms with Gasteiger partial charge in [-0.3, -0.25) is 4.79 Å². The Morgan fingerprint density at radius 2 is 1.69 bits per heavy atom. The maximum Gasteiger partial charge on any atom is 0.416 e. The molecular formula is C28H33ClF3N5O2. The van der Waals surface area contributed by atoms with Crippen LogP contribution in [0.2, 0.25) is 5.02 Å². The van der Waals surface area contributed by atoms with Gasteiger partial charge in [0.05, 0.1) is 16.9 Å². The summed E-state index contributed by atoms with van der Waals surface area (Å²) in [7, 11) is 0. The first-order valence-electron chi connectivity index (χ1n) is 12.5. The maximum atomic E-state index is 13.2. The number of alkyl halides is 3. The number of aromatic nitrogens is 2. The van der Waals surface area contributed by atoms with Crippen LogP contribution in [0.15, 0.2) is 54.6 Å². The molecule has 0 saturated carbocycles. The Kier molecular flexibility index (Phi) is 9.32. The smallest absolute Gasteiger partial charge is 0.315 e. The number of hydrogen-bond acceptors (Lipinski definition) is 3. The molecule has 0 aliphatic carbocycles. The minimum Gasteiger partial charge on any atom is -0.315 e. The highest BCUT2D eigenvalue weighted by atomic mass is 35.5. The number of anilines is 2. The lowest BCUT2D eigenvalue weighted by atomic mass is 9.92. The van der Waals surface area contributed by atoms with Gasteiger partial charge in [0.15, 0.2) is 0 Å². The fraction of sp³-hybridized carbons (Fsp3) is 0.393. The topological polar surface area (TPSA) is 79.3 Å². The highest BCUT2D eigenvalue weighted by Crippen LogP contribution is 2.31. The van der Waals surface area contributed by atoms with Gasteiger partial charge in [-0.1, -0.05) is 52.3 Å². The van der Waals surface area contributed by atoms with Gasteiger partial charge in [-0.05, 0) is 54.8 Å². The summed E-state index contributed by atoms with van der Waals surface area (Å²) in [6.45, 7) is 9.87. The van der Waals surface area contributed by atoms with E-state index in [0.29, 0.717) is 22.9 Å². The summed E-state index contributed by atoms with van der Waals surface area (Å²) in [6.07, 6.45) is -3.95. The van der Waals surface area contributed by atoms with Crippen molar-refractivity contribution in [2.75, 3.05) is 23.7 Å². The minimum absolute atomic E-state index is 0.0135. The lowest BCUT2D eigenvalue weighted by molar-refractivity contribution is -0.137. The zero-order valence-corrected chi connectivity index (χ0v) is 23.3. The molecule has 11 heteroatoms. The first-order valence-corrected chi connectivity index (χ1v) is 12.9. The van der Waals surface area contributed by atoms with E-state index in [9.17, 15) is 22.8 Å². The lowest BCUT2D eigenvalue weighted by Crippen LogP contribution is -2.41. The van der Waals surface area contributed by atoms with Gasteiger partial charge in [0.2, 0.25) is 5.91 Å². The lowest BCUT2D eigenvalue weighted by Gasteiger charge is -2.24. The third kappa shape index (κ3) is 8.48. The van der Waals surface area contributed by atoms with E-state index in [1.165, 1.54) is 17.0 Å². The number of carbonyl (C=O) groups is 2. The van der Waals surface area contributed by atoms with Crippen molar-refractivity contribution in [3.8, 4) is 5.69 Å². The average molecular weight is 564 g/mol. The Hall–Kier alpha value is -3.53. The maximum absolute atomic E-state index is 13.2. The summed E-state index contributed by atoms with van der Waals surface area (Å²) >= 11 is 6.03. The fourth-order valence-corrected chi connectivity index (χ4v) is 3.74. The van der Waals surface area contributed by atoms with E-state index in [0.717, 1.165) is 17.8 Å². The highest BCUT2D eigenvalue weighted by molar-refractivity contribution is 6.30. The molecule has 210 valence electrons. The van der Waals surface area contributed by atoms with E-state index < -0.39 is 23.7 Å². The van der Waals surface area contributed by atoms with Crippen molar-refractivity contribution < 1.29 is 22.8 Å². The summed E-state index contributed by atoms with van der Waals surface area (Å²) < 4.78 is 40.9. The van der Waals surface area contributed by atoms with Gasteiger partial charge >= 0.3 is 12.2 Å². The summed E-state index contributed by atoms with van der Waals surface area (Å²) in [5.41, 5.74) is 0.235. The summed E-state index contributed by atoms with van der Waals surface area (Å²) in [4.78, 5) is 27.5. The molecule has 0 unspecified atom stereocenters. The van der Waals surface area contributed by atoms with Crippen molar-refractivity contribution in [1.29, 1.82) is 0 Å². The third-order valence-electron chi connectivity index (χ3n) is 5.86. The van der Waals surface area contributed by atoms with Crippen molar-refractivity contribution in [2.24, 2.45) is 5.92 Å². The molecule has 39 heavy (non-hydrogen) atoms. The predicted octanol–water partition coefficient (Wildman–Crippen LogP) is 7.36. The zero-order chi connectivity index (χ0) is 29.0. The molecule has 1 aromatic heterocycles. The molecule has 3 rings (SSSR count). The van der Waals surface area contributed by atoms with E-state index in [1.54, 1.807) is 35.0 Å². The van der Waals surface area contributed by atoms with Gasteiger partial charge in [0, 0.05) is 28.7 Å². The number of halogens is 4.